The molecule has 0 radical (unpaired) electrons. The maximum absolute atomic E-state index is 13.4. The Morgan fingerprint density at radius 1 is 0.941 bits per heavy atom. The molecule has 0 bridgehead atoms. The van der Waals surface area contributed by atoms with Crippen LogP contribution in [-0.2, 0) is 21.4 Å². The number of benzene rings is 3. The summed E-state index contributed by atoms with van der Waals surface area (Å²) in [6.07, 6.45) is 2.37. The van der Waals surface area contributed by atoms with Gasteiger partial charge in [0.2, 0.25) is 15.9 Å². The van der Waals surface area contributed by atoms with Gasteiger partial charge in [-0.2, -0.15) is 0 Å². The standard InChI is InChI=1S/C37H45N7O6S/c1-3-51(49,50)40-32-7-5-4-6-30(32)27-8-10-28(11-9-27)35(46)43-18-15-37(48,16-19-43)25-44-26-38-33-24-29(12-13-31(33)36(44)47)39-34(45)14-17-42-22-20-41(2)21-23-42/h4-13,24,26,40,48H,3,14-23,25H2,1-2H3,(H,39,45). The minimum absolute atomic E-state index is 0.0392. The molecule has 2 saturated heterocycles. The third-order valence-electron chi connectivity index (χ3n) is 9.82. The number of carbonyl (C=O) groups excluding carboxylic acids is 2. The van der Waals surface area contributed by atoms with Crippen molar-refractivity contribution in [1.82, 2.24) is 24.3 Å². The SMILES string of the molecule is CCS(=O)(=O)Nc1ccccc1-c1ccc(C(=O)N2CCC(O)(Cn3cnc4cc(NC(=O)CCN5CCN(C)CC5)ccc4c3=O)CC2)cc1. The summed E-state index contributed by atoms with van der Waals surface area (Å²) in [5, 5.41) is 14.8. The molecule has 3 heterocycles. The molecule has 14 heteroatoms. The lowest BCUT2D eigenvalue weighted by atomic mass is 9.90. The van der Waals surface area contributed by atoms with Crippen LogP contribution < -0.4 is 15.6 Å². The molecule has 0 unspecified atom stereocenters. The van der Waals surface area contributed by atoms with E-state index in [1.165, 1.54) is 10.9 Å². The summed E-state index contributed by atoms with van der Waals surface area (Å²) < 4.78 is 28.4. The quantitative estimate of drug-likeness (QED) is 0.212. The van der Waals surface area contributed by atoms with Gasteiger partial charge < -0.3 is 25.1 Å². The number of anilines is 2. The van der Waals surface area contributed by atoms with Crippen molar-refractivity contribution in [3.05, 3.63) is 89.0 Å². The normalized spacial score (nSPS) is 17.0. The molecule has 0 aliphatic carbocycles. The number of piperidine rings is 1. The minimum Gasteiger partial charge on any atom is -0.388 e. The summed E-state index contributed by atoms with van der Waals surface area (Å²) in [5.74, 6) is -0.308. The van der Waals surface area contributed by atoms with Gasteiger partial charge in [-0.15, -0.1) is 0 Å². The van der Waals surface area contributed by atoms with E-state index in [4.69, 9.17) is 0 Å². The summed E-state index contributed by atoms with van der Waals surface area (Å²) in [7, 11) is -1.36. The van der Waals surface area contributed by atoms with Crippen LogP contribution in [0.15, 0.2) is 77.9 Å². The van der Waals surface area contributed by atoms with Crippen LogP contribution >= 0.6 is 0 Å². The minimum atomic E-state index is -3.46. The number of fused-ring (bicyclic) bond motifs is 1. The molecule has 13 nitrogen and oxygen atoms in total. The number of piperazine rings is 1. The fourth-order valence-electron chi connectivity index (χ4n) is 6.54. The number of hydrogen-bond acceptors (Lipinski definition) is 9. The Morgan fingerprint density at radius 3 is 2.35 bits per heavy atom. The number of carbonyl (C=O) groups is 2. The predicted molar refractivity (Wildman–Crippen MR) is 198 cm³/mol. The zero-order chi connectivity index (χ0) is 36.2. The van der Waals surface area contributed by atoms with Gasteiger partial charge in [-0.1, -0.05) is 30.3 Å². The molecule has 51 heavy (non-hydrogen) atoms. The molecule has 2 amide bonds. The van der Waals surface area contributed by atoms with Crippen LogP contribution in [0.5, 0.6) is 0 Å². The van der Waals surface area contributed by atoms with E-state index in [9.17, 15) is 27.9 Å². The number of likely N-dealkylation sites (tertiary alicyclic amines) is 1. The number of nitrogens with zero attached hydrogens (tertiary/aromatic N) is 5. The van der Waals surface area contributed by atoms with Crippen molar-refractivity contribution >= 4 is 44.1 Å². The number of rotatable bonds is 11. The van der Waals surface area contributed by atoms with Crippen LogP contribution in [0, 0.1) is 0 Å². The van der Waals surface area contributed by atoms with E-state index >= 15 is 0 Å². The van der Waals surface area contributed by atoms with Crippen LogP contribution in [0.25, 0.3) is 22.0 Å². The van der Waals surface area contributed by atoms with E-state index in [0.717, 1.165) is 31.7 Å². The monoisotopic (exact) mass is 715 g/mol. The molecule has 3 N–H and O–H groups in total. The average molecular weight is 716 g/mol. The van der Waals surface area contributed by atoms with Crippen molar-refractivity contribution in [2.75, 3.05) is 68.7 Å². The van der Waals surface area contributed by atoms with Crippen LogP contribution in [0.1, 0.15) is 36.5 Å². The highest BCUT2D eigenvalue weighted by atomic mass is 32.2. The first-order valence-corrected chi connectivity index (χ1v) is 19.0. The van der Waals surface area contributed by atoms with Crippen molar-refractivity contribution < 1.29 is 23.1 Å². The zero-order valence-electron chi connectivity index (χ0n) is 29.0. The van der Waals surface area contributed by atoms with E-state index in [1.807, 2.05) is 12.1 Å². The van der Waals surface area contributed by atoms with Gasteiger partial charge >= 0.3 is 0 Å². The third-order valence-corrected chi connectivity index (χ3v) is 11.1. The third kappa shape index (κ3) is 8.82. The van der Waals surface area contributed by atoms with Gasteiger partial charge in [0, 0.05) is 69.0 Å². The maximum Gasteiger partial charge on any atom is 0.261 e. The van der Waals surface area contributed by atoms with Crippen molar-refractivity contribution in [3.8, 4) is 11.1 Å². The lowest BCUT2D eigenvalue weighted by Crippen LogP contribution is -2.49. The number of likely N-dealkylation sites (N-methyl/N-ethyl adjacent to an activating group) is 1. The summed E-state index contributed by atoms with van der Waals surface area (Å²) in [6, 6.07) is 19.2. The van der Waals surface area contributed by atoms with Crippen molar-refractivity contribution in [1.29, 1.82) is 0 Å². The number of hydrogen-bond donors (Lipinski definition) is 3. The Balaban J connectivity index is 1.04. The first-order valence-electron chi connectivity index (χ1n) is 17.3. The van der Waals surface area contributed by atoms with E-state index in [-0.39, 0.29) is 42.5 Å². The van der Waals surface area contributed by atoms with E-state index < -0.39 is 15.6 Å². The van der Waals surface area contributed by atoms with E-state index in [2.05, 4.69) is 31.9 Å². The molecule has 4 aromatic rings. The Labute approximate surface area is 297 Å². The van der Waals surface area contributed by atoms with Crippen molar-refractivity contribution in [2.24, 2.45) is 0 Å². The summed E-state index contributed by atoms with van der Waals surface area (Å²) in [5.41, 5.74) is 1.96. The second-order valence-corrected chi connectivity index (χ2v) is 15.5. The summed E-state index contributed by atoms with van der Waals surface area (Å²) >= 11 is 0. The van der Waals surface area contributed by atoms with Gasteiger partial charge in [0.25, 0.3) is 11.5 Å². The average Bonchev–Trinajstić information content (AvgIpc) is 3.13. The molecule has 2 fully saturated rings. The second-order valence-electron chi connectivity index (χ2n) is 13.5. The van der Waals surface area contributed by atoms with E-state index in [0.29, 0.717) is 59.5 Å². The number of para-hydroxylation sites is 1. The highest BCUT2D eigenvalue weighted by molar-refractivity contribution is 7.92. The van der Waals surface area contributed by atoms with Crippen LogP contribution in [-0.4, -0.2) is 114 Å². The first-order chi connectivity index (χ1) is 24.4. The Kier molecular flexibility index (Phi) is 10.9. The second kappa shape index (κ2) is 15.3. The smallest absolute Gasteiger partial charge is 0.261 e. The van der Waals surface area contributed by atoms with Crippen LogP contribution in [0.4, 0.5) is 11.4 Å². The van der Waals surface area contributed by atoms with E-state index in [1.54, 1.807) is 66.4 Å². The predicted octanol–water partition coefficient (Wildman–Crippen LogP) is 3.07. The molecular formula is C37H45N7O6S. The zero-order valence-corrected chi connectivity index (χ0v) is 29.9. The van der Waals surface area contributed by atoms with Gasteiger partial charge in [-0.25, -0.2) is 13.4 Å². The molecule has 3 aromatic carbocycles. The van der Waals surface area contributed by atoms with Crippen LogP contribution in [0.2, 0.25) is 0 Å². The largest absolute Gasteiger partial charge is 0.388 e. The molecule has 2 aliphatic heterocycles. The molecular weight excluding hydrogens is 671 g/mol. The number of nitrogens with one attached hydrogen (secondary N) is 2. The van der Waals surface area contributed by atoms with Crippen LogP contribution in [0.3, 0.4) is 0 Å². The molecule has 1 aromatic heterocycles. The molecule has 270 valence electrons. The summed E-state index contributed by atoms with van der Waals surface area (Å²) in [6.45, 7) is 6.82. The molecule has 0 spiro atoms. The van der Waals surface area contributed by atoms with Crippen molar-refractivity contribution in [2.45, 2.75) is 38.3 Å². The number of amides is 2. The number of aliphatic hydroxyl groups is 1. The highest BCUT2D eigenvalue weighted by Crippen LogP contribution is 2.30. The molecule has 0 atom stereocenters. The molecule has 2 aliphatic rings. The molecule has 6 rings (SSSR count). The lowest BCUT2D eigenvalue weighted by Gasteiger charge is -2.38. The fraction of sp³-hybridized carbons (Fsp3) is 0.405. The van der Waals surface area contributed by atoms with Gasteiger partial charge in [-0.3, -0.25) is 23.7 Å². The number of sulfonamides is 1. The fourth-order valence-corrected chi connectivity index (χ4v) is 7.20. The van der Waals surface area contributed by atoms with Gasteiger partial charge in [0.1, 0.15) is 0 Å². The lowest BCUT2D eigenvalue weighted by molar-refractivity contribution is -0.116. The summed E-state index contributed by atoms with van der Waals surface area (Å²) in [4.78, 5) is 50.1. The topological polar surface area (TPSA) is 157 Å². The Morgan fingerprint density at radius 2 is 1.65 bits per heavy atom. The maximum atomic E-state index is 13.4. The van der Waals surface area contributed by atoms with Crippen molar-refractivity contribution in [3.63, 3.8) is 0 Å². The highest BCUT2D eigenvalue weighted by Gasteiger charge is 2.35. The van der Waals surface area contributed by atoms with Gasteiger partial charge in [0.15, 0.2) is 0 Å². The van der Waals surface area contributed by atoms with Gasteiger partial charge in [-0.05, 0) is 68.8 Å². The van der Waals surface area contributed by atoms with Gasteiger partial charge in [0.05, 0.1) is 40.8 Å². The Hall–Kier alpha value is -4.63. The number of aromatic nitrogens is 2. The molecule has 0 saturated carbocycles. The first kappa shape index (κ1) is 36.2. The Bertz CT molecular complexity index is 2050.